The van der Waals surface area contributed by atoms with Crippen LogP contribution in [-0.2, 0) is 0 Å². The Hall–Kier alpha value is -0.0800. The molecular weight excluding hydrogens is 160 g/mol. The Balaban J connectivity index is 3.94. The van der Waals surface area contributed by atoms with Crippen molar-refractivity contribution in [2.45, 2.75) is 52.5 Å². The predicted octanol–water partition coefficient (Wildman–Crippen LogP) is 2.24. The average molecular weight is 186 g/mol. The minimum absolute atomic E-state index is 0.713. The van der Waals surface area contributed by atoms with Crippen molar-refractivity contribution in [3.63, 3.8) is 0 Å². The van der Waals surface area contributed by atoms with Crippen LogP contribution in [0.25, 0.3) is 0 Å². The molecule has 2 nitrogen and oxygen atoms in total. The van der Waals surface area contributed by atoms with E-state index < -0.39 is 0 Å². The number of hydrogen-bond donors (Lipinski definition) is 1. The number of hydrogen-bond acceptors (Lipinski definition) is 2. The van der Waals surface area contributed by atoms with Crippen LogP contribution in [0, 0.1) is 0 Å². The Morgan fingerprint density at radius 2 is 1.62 bits per heavy atom. The largest absolute Gasteiger partial charge is 0.330 e. The second-order valence-corrected chi connectivity index (χ2v) is 3.68. The molecule has 0 aliphatic rings. The highest BCUT2D eigenvalue weighted by atomic mass is 15.1. The first kappa shape index (κ1) is 12.9. The topological polar surface area (TPSA) is 29.3 Å². The Morgan fingerprint density at radius 3 is 1.92 bits per heavy atom. The van der Waals surface area contributed by atoms with Crippen LogP contribution in [0.5, 0.6) is 0 Å². The van der Waals surface area contributed by atoms with Crippen molar-refractivity contribution in [2.75, 3.05) is 19.6 Å². The van der Waals surface area contributed by atoms with Gasteiger partial charge in [-0.25, -0.2) is 0 Å². The highest BCUT2D eigenvalue weighted by Crippen LogP contribution is 2.09. The molecule has 0 radical (unpaired) electrons. The third-order valence-corrected chi connectivity index (χ3v) is 2.51. The molecule has 2 N–H and O–H groups in total. The average Bonchev–Trinajstić information content (AvgIpc) is 2.14. The minimum atomic E-state index is 0.713. The summed E-state index contributed by atoms with van der Waals surface area (Å²) in [7, 11) is 0. The summed E-state index contributed by atoms with van der Waals surface area (Å²) in [6.07, 6.45) is 4.88. The molecule has 2 heteroatoms. The molecule has 0 aromatic carbocycles. The van der Waals surface area contributed by atoms with Gasteiger partial charge in [0.1, 0.15) is 0 Å². The molecule has 0 amide bonds. The summed E-state index contributed by atoms with van der Waals surface area (Å²) >= 11 is 0. The van der Waals surface area contributed by atoms with Gasteiger partial charge in [-0.05, 0) is 45.3 Å². The maximum atomic E-state index is 5.61. The fourth-order valence-corrected chi connectivity index (χ4v) is 1.89. The van der Waals surface area contributed by atoms with Gasteiger partial charge in [-0.1, -0.05) is 20.8 Å². The predicted molar refractivity (Wildman–Crippen MR) is 59.9 cm³/mol. The Labute approximate surface area is 83.5 Å². The molecule has 0 spiro atoms. The number of nitrogens with two attached hydrogens (primary N) is 1. The van der Waals surface area contributed by atoms with Crippen molar-refractivity contribution < 1.29 is 0 Å². The van der Waals surface area contributed by atoms with E-state index in [1.54, 1.807) is 0 Å². The molecule has 0 saturated heterocycles. The zero-order valence-electron chi connectivity index (χ0n) is 9.55. The van der Waals surface area contributed by atoms with Gasteiger partial charge in [0, 0.05) is 6.04 Å². The van der Waals surface area contributed by atoms with Gasteiger partial charge in [0.15, 0.2) is 0 Å². The van der Waals surface area contributed by atoms with Crippen LogP contribution < -0.4 is 5.73 Å². The van der Waals surface area contributed by atoms with Gasteiger partial charge in [-0.3, -0.25) is 0 Å². The summed E-state index contributed by atoms with van der Waals surface area (Å²) in [5.74, 6) is 0. The van der Waals surface area contributed by atoms with Crippen molar-refractivity contribution in [2.24, 2.45) is 5.73 Å². The first-order valence-corrected chi connectivity index (χ1v) is 5.74. The molecule has 1 unspecified atom stereocenters. The lowest BCUT2D eigenvalue weighted by Crippen LogP contribution is -2.37. The molecule has 80 valence electrons. The van der Waals surface area contributed by atoms with E-state index >= 15 is 0 Å². The SMILES string of the molecule is CCCN(CCC)C(CC)CCN. The fraction of sp³-hybridized carbons (Fsp3) is 1.00. The Bertz CT molecular complexity index is 98.3. The zero-order chi connectivity index (χ0) is 10.1. The van der Waals surface area contributed by atoms with Crippen LogP contribution >= 0.6 is 0 Å². The summed E-state index contributed by atoms with van der Waals surface area (Å²) in [6, 6.07) is 0.713. The summed E-state index contributed by atoms with van der Waals surface area (Å²) in [4.78, 5) is 2.59. The summed E-state index contributed by atoms with van der Waals surface area (Å²) in [5.41, 5.74) is 5.61. The van der Waals surface area contributed by atoms with Gasteiger partial charge in [-0.2, -0.15) is 0 Å². The summed E-state index contributed by atoms with van der Waals surface area (Å²) < 4.78 is 0. The number of rotatable bonds is 8. The zero-order valence-corrected chi connectivity index (χ0v) is 9.55. The highest BCUT2D eigenvalue weighted by Gasteiger charge is 2.13. The van der Waals surface area contributed by atoms with Crippen molar-refractivity contribution in [1.29, 1.82) is 0 Å². The van der Waals surface area contributed by atoms with E-state index in [0.717, 1.165) is 13.0 Å². The van der Waals surface area contributed by atoms with E-state index in [0.29, 0.717) is 6.04 Å². The molecule has 0 rings (SSSR count). The van der Waals surface area contributed by atoms with E-state index in [2.05, 4.69) is 25.7 Å². The molecule has 0 bridgehead atoms. The van der Waals surface area contributed by atoms with Crippen LogP contribution in [-0.4, -0.2) is 30.6 Å². The highest BCUT2D eigenvalue weighted by molar-refractivity contribution is 4.70. The molecule has 13 heavy (non-hydrogen) atoms. The lowest BCUT2D eigenvalue weighted by molar-refractivity contribution is 0.183. The van der Waals surface area contributed by atoms with Gasteiger partial charge < -0.3 is 10.6 Å². The third kappa shape index (κ3) is 5.27. The maximum Gasteiger partial charge on any atom is 0.0105 e. The van der Waals surface area contributed by atoms with Crippen LogP contribution in [0.15, 0.2) is 0 Å². The van der Waals surface area contributed by atoms with Crippen LogP contribution in [0.3, 0.4) is 0 Å². The lowest BCUT2D eigenvalue weighted by Gasteiger charge is -2.30. The third-order valence-electron chi connectivity index (χ3n) is 2.51. The smallest absolute Gasteiger partial charge is 0.0105 e. The molecule has 0 fully saturated rings. The minimum Gasteiger partial charge on any atom is -0.330 e. The molecule has 0 heterocycles. The maximum absolute atomic E-state index is 5.61. The monoisotopic (exact) mass is 186 g/mol. The van der Waals surface area contributed by atoms with E-state index in [1.165, 1.54) is 32.4 Å². The molecule has 0 saturated carbocycles. The second kappa shape index (κ2) is 8.52. The quantitative estimate of drug-likeness (QED) is 0.630. The molecule has 0 aliphatic heterocycles. The van der Waals surface area contributed by atoms with Crippen LogP contribution in [0.1, 0.15) is 46.5 Å². The van der Waals surface area contributed by atoms with Crippen molar-refractivity contribution in [3.8, 4) is 0 Å². The van der Waals surface area contributed by atoms with Gasteiger partial charge in [0.2, 0.25) is 0 Å². The molecule has 0 aromatic heterocycles. The molecule has 1 atom stereocenters. The molecule has 0 aliphatic carbocycles. The summed E-state index contributed by atoms with van der Waals surface area (Å²) in [5, 5.41) is 0. The first-order chi connectivity index (χ1) is 6.29. The fourth-order valence-electron chi connectivity index (χ4n) is 1.89. The van der Waals surface area contributed by atoms with Gasteiger partial charge >= 0.3 is 0 Å². The molecular formula is C11H26N2. The van der Waals surface area contributed by atoms with E-state index in [1.807, 2.05) is 0 Å². The van der Waals surface area contributed by atoms with Crippen LogP contribution in [0.2, 0.25) is 0 Å². The first-order valence-electron chi connectivity index (χ1n) is 5.74. The Morgan fingerprint density at radius 1 is 1.08 bits per heavy atom. The lowest BCUT2D eigenvalue weighted by atomic mass is 10.1. The second-order valence-electron chi connectivity index (χ2n) is 3.68. The van der Waals surface area contributed by atoms with Crippen molar-refractivity contribution >= 4 is 0 Å². The van der Waals surface area contributed by atoms with E-state index in [4.69, 9.17) is 5.73 Å². The molecule has 0 aromatic rings. The Kier molecular flexibility index (Phi) is 8.46. The van der Waals surface area contributed by atoms with Crippen molar-refractivity contribution in [1.82, 2.24) is 4.90 Å². The van der Waals surface area contributed by atoms with Gasteiger partial charge in [0.05, 0.1) is 0 Å². The standard InChI is InChI=1S/C11H26N2/c1-4-9-13(10-5-2)11(6-3)7-8-12/h11H,4-10,12H2,1-3H3. The van der Waals surface area contributed by atoms with Gasteiger partial charge in [-0.15, -0.1) is 0 Å². The van der Waals surface area contributed by atoms with Crippen molar-refractivity contribution in [3.05, 3.63) is 0 Å². The normalized spacial score (nSPS) is 13.6. The van der Waals surface area contributed by atoms with E-state index in [-0.39, 0.29) is 0 Å². The number of nitrogens with zero attached hydrogens (tertiary/aromatic N) is 1. The summed E-state index contributed by atoms with van der Waals surface area (Å²) in [6.45, 7) is 10.0. The van der Waals surface area contributed by atoms with Crippen LogP contribution in [0.4, 0.5) is 0 Å². The van der Waals surface area contributed by atoms with Gasteiger partial charge in [0.25, 0.3) is 0 Å². The van der Waals surface area contributed by atoms with E-state index in [9.17, 15) is 0 Å².